The van der Waals surface area contributed by atoms with Crippen LogP contribution in [0.5, 0.6) is 0 Å². The van der Waals surface area contributed by atoms with Crippen LogP contribution in [0.4, 0.5) is 20.3 Å². The van der Waals surface area contributed by atoms with Crippen LogP contribution in [0, 0.1) is 11.6 Å². The summed E-state index contributed by atoms with van der Waals surface area (Å²) < 4.78 is 33.0. The standard InChI is InChI=1S/C27H27F2N5O2/c1-27(36-2)16-30-9-10-34(27)24-6-4-3-5-21(24)26(35)31-25-22-14-17(7-8-23(22)32-33-25)11-18-12-19(28)15-20(29)13-18/h3-8,12-15,30H,9-11,16H2,1-2H3,(H2,31,32,33,35). The lowest BCUT2D eigenvalue weighted by molar-refractivity contribution is -0.00509. The fraction of sp³-hybridized carbons (Fsp3) is 0.259. The van der Waals surface area contributed by atoms with Gasteiger partial charge in [-0.25, -0.2) is 8.78 Å². The van der Waals surface area contributed by atoms with E-state index < -0.39 is 17.4 Å². The molecule has 0 spiro atoms. The van der Waals surface area contributed by atoms with Gasteiger partial charge in [-0.2, -0.15) is 5.10 Å². The quantitative estimate of drug-likeness (QED) is 0.371. The molecule has 0 aliphatic carbocycles. The summed E-state index contributed by atoms with van der Waals surface area (Å²) in [5, 5.41) is 14.2. The molecule has 1 saturated heterocycles. The highest BCUT2D eigenvalue weighted by Crippen LogP contribution is 2.31. The molecule has 36 heavy (non-hydrogen) atoms. The SMILES string of the molecule is COC1(C)CNCCN1c1ccccc1C(=O)Nc1n[nH]c2ccc(Cc3cc(F)cc(F)c3)cc12. The lowest BCUT2D eigenvalue weighted by atomic mass is 10.0. The molecule has 0 bridgehead atoms. The Morgan fingerprint density at radius 3 is 2.67 bits per heavy atom. The maximum atomic E-state index is 13.6. The molecule has 0 radical (unpaired) electrons. The van der Waals surface area contributed by atoms with Crippen LogP contribution in [0.3, 0.4) is 0 Å². The Hall–Kier alpha value is -3.82. The first-order valence-electron chi connectivity index (χ1n) is 11.7. The van der Waals surface area contributed by atoms with Gasteiger partial charge in [0.2, 0.25) is 0 Å². The summed E-state index contributed by atoms with van der Waals surface area (Å²) in [6.45, 7) is 4.07. The topological polar surface area (TPSA) is 82.3 Å². The maximum Gasteiger partial charge on any atom is 0.258 e. The zero-order valence-electron chi connectivity index (χ0n) is 20.1. The molecule has 1 aromatic heterocycles. The number of hydrogen-bond acceptors (Lipinski definition) is 5. The number of nitrogens with zero attached hydrogens (tertiary/aromatic N) is 2. The summed E-state index contributed by atoms with van der Waals surface area (Å²) in [5.41, 5.74) is 2.77. The molecule has 7 nitrogen and oxygen atoms in total. The number of hydrogen-bond donors (Lipinski definition) is 3. The smallest absolute Gasteiger partial charge is 0.258 e. The van der Waals surface area contributed by atoms with E-state index in [0.717, 1.165) is 29.4 Å². The third-order valence-electron chi connectivity index (χ3n) is 6.61. The number of halogens is 2. The second kappa shape index (κ2) is 9.67. The largest absolute Gasteiger partial charge is 0.358 e. The molecule has 9 heteroatoms. The van der Waals surface area contributed by atoms with Crippen molar-refractivity contribution in [2.24, 2.45) is 0 Å². The lowest BCUT2D eigenvalue weighted by Crippen LogP contribution is -2.61. The van der Waals surface area contributed by atoms with E-state index in [1.165, 1.54) is 12.1 Å². The first-order chi connectivity index (χ1) is 17.4. The number of fused-ring (bicyclic) bond motifs is 1. The van der Waals surface area contributed by atoms with E-state index in [4.69, 9.17) is 4.74 Å². The summed E-state index contributed by atoms with van der Waals surface area (Å²) in [5.74, 6) is -1.15. The molecule has 1 fully saturated rings. The van der Waals surface area contributed by atoms with Gasteiger partial charge in [-0.15, -0.1) is 0 Å². The van der Waals surface area contributed by atoms with E-state index in [0.29, 0.717) is 41.8 Å². The van der Waals surface area contributed by atoms with E-state index in [1.54, 1.807) is 13.2 Å². The van der Waals surface area contributed by atoms with Gasteiger partial charge in [0.1, 0.15) is 11.6 Å². The minimum absolute atomic E-state index is 0.298. The molecule has 2 heterocycles. The Kier molecular flexibility index (Phi) is 6.42. The third-order valence-corrected chi connectivity index (χ3v) is 6.61. The predicted molar refractivity (Wildman–Crippen MR) is 135 cm³/mol. The highest BCUT2D eigenvalue weighted by molar-refractivity contribution is 6.10. The van der Waals surface area contributed by atoms with Gasteiger partial charge in [0, 0.05) is 38.2 Å². The van der Waals surface area contributed by atoms with Gasteiger partial charge in [-0.3, -0.25) is 9.89 Å². The van der Waals surface area contributed by atoms with Gasteiger partial charge in [0.05, 0.1) is 16.8 Å². The van der Waals surface area contributed by atoms with Crippen LogP contribution in [0.1, 0.15) is 28.4 Å². The zero-order chi connectivity index (χ0) is 25.3. The van der Waals surface area contributed by atoms with E-state index in [-0.39, 0.29) is 5.91 Å². The molecule has 1 aliphatic rings. The van der Waals surface area contributed by atoms with Crippen LogP contribution in [-0.2, 0) is 11.2 Å². The van der Waals surface area contributed by atoms with Crippen molar-refractivity contribution in [3.8, 4) is 0 Å². The molecular formula is C27H27F2N5O2. The Morgan fingerprint density at radius 1 is 1.11 bits per heavy atom. The molecule has 1 unspecified atom stereocenters. The minimum atomic E-state index is -0.616. The maximum absolute atomic E-state index is 13.6. The van der Waals surface area contributed by atoms with Gasteiger partial charge in [-0.05, 0) is 60.9 Å². The number of anilines is 2. The number of benzene rings is 3. The summed E-state index contributed by atoms with van der Waals surface area (Å²) in [4.78, 5) is 15.5. The molecule has 1 amide bonds. The second-order valence-corrected chi connectivity index (χ2v) is 9.09. The number of ether oxygens (including phenoxy) is 1. The summed E-state index contributed by atoms with van der Waals surface area (Å²) >= 11 is 0. The normalized spacial score (nSPS) is 17.9. The van der Waals surface area contributed by atoms with Crippen LogP contribution in [0.15, 0.2) is 60.7 Å². The Morgan fingerprint density at radius 2 is 1.89 bits per heavy atom. The number of para-hydroxylation sites is 1. The zero-order valence-corrected chi connectivity index (χ0v) is 20.1. The fourth-order valence-corrected chi connectivity index (χ4v) is 4.69. The van der Waals surface area contributed by atoms with Gasteiger partial charge in [0.15, 0.2) is 11.5 Å². The number of H-pyrrole nitrogens is 1. The Labute approximate surface area is 207 Å². The highest BCUT2D eigenvalue weighted by Gasteiger charge is 2.36. The lowest BCUT2D eigenvalue weighted by Gasteiger charge is -2.45. The van der Waals surface area contributed by atoms with Crippen molar-refractivity contribution in [2.75, 3.05) is 37.0 Å². The van der Waals surface area contributed by atoms with Gasteiger partial charge in [0.25, 0.3) is 5.91 Å². The Bertz CT molecular complexity index is 1400. The van der Waals surface area contributed by atoms with Gasteiger partial charge in [-0.1, -0.05) is 18.2 Å². The summed E-state index contributed by atoms with van der Waals surface area (Å²) in [6.07, 6.45) is 0.338. The number of carbonyl (C=O) groups excluding carboxylic acids is 1. The summed E-state index contributed by atoms with van der Waals surface area (Å²) in [7, 11) is 1.66. The highest BCUT2D eigenvalue weighted by atomic mass is 19.1. The third kappa shape index (κ3) is 4.67. The molecule has 1 aliphatic heterocycles. The molecular weight excluding hydrogens is 464 g/mol. The number of carbonyl (C=O) groups is 1. The average Bonchev–Trinajstić information content (AvgIpc) is 3.25. The number of rotatable bonds is 6. The molecule has 186 valence electrons. The van der Waals surface area contributed by atoms with Crippen molar-refractivity contribution < 1.29 is 18.3 Å². The van der Waals surface area contributed by atoms with Crippen LogP contribution in [-0.4, -0.2) is 48.6 Å². The molecule has 1 atom stereocenters. The molecule has 4 aromatic rings. The van der Waals surface area contributed by atoms with Crippen LogP contribution >= 0.6 is 0 Å². The number of aromatic amines is 1. The van der Waals surface area contributed by atoms with Crippen molar-refractivity contribution >= 4 is 28.3 Å². The van der Waals surface area contributed by atoms with E-state index in [2.05, 4.69) is 25.7 Å². The monoisotopic (exact) mass is 491 g/mol. The van der Waals surface area contributed by atoms with Crippen molar-refractivity contribution in [1.82, 2.24) is 15.5 Å². The van der Waals surface area contributed by atoms with E-state index >= 15 is 0 Å². The second-order valence-electron chi connectivity index (χ2n) is 9.09. The summed E-state index contributed by atoms with van der Waals surface area (Å²) in [6, 6.07) is 16.4. The number of aromatic nitrogens is 2. The van der Waals surface area contributed by atoms with Crippen molar-refractivity contribution in [3.05, 3.63) is 89.0 Å². The molecule has 3 N–H and O–H groups in total. The first kappa shape index (κ1) is 23.9. The van der Waals surface area contributed by atoms with Gasteiger partial charge >= 0.3 is 0 Å². The van der Waals surface area contributed by atoms with E-state index in [1.807, 2.05) is 43.3 Å². The first-order valence-corrected chi connectivity index (χ1v) is 11.7. The molecule has 5 rings (SSSR count). The van der Waals surface area contributed by atoms with Crippen LogP contribution in [0.25, 0.3) is 10.9 Å². The fourth-order valence-electron chi connectivity index (χ4n) is 4.69. The van der Waals surface area contributed by atoms with Crippen molar-refractivity contribution in [3.63, 3.8) is 0 Å². The number of methoxy groups -OCH3 is 1. The molecule has 3 aromatic carbocycles. The van der Waals surface area contributed by atoms with Crippen LogP contribution < -0.4 is 15.5 Å². The van der Waals surface area contributed by atoms with Crippen LogP contribution in [0.2, 0.25) is 0 Å². The minimum Gasteiger partial charge on any atom is -0.358 e. The van der Waals surface area contributed by atoms with Gasteiger partial charge < -0.3 is 20.3 Å². The van der Waals surface area contributed by atoms with Crippen molar-refractivity contribution in [1.29, 1.82) is 0 Å². The molecule has 0 saturated carbocycles. The average molecular weight is 492 g/mol. The van der Waals surface area contributed by atoms with E-state index in [9.17, 15) is 13.6 Å². The number of amides is 1. The van der Waals surface area contributed by atoms with Crippen molar-refractivity contribution in [2.45, 2.75) is 19.1 Å². The Balaban J connectivity index is 1.43. The predicted octanol–water partition coefficient (Wildman–Crippen LogP) is 4.46. The number of nitrogens with one attached hydrogen (secondary N) is 3. The number of piperazine rings is 1.